The Morgan fingerprint density at radius 1 is 1.44 bits per heavy atom. The molecular formula is C12H10BrNO2. The molecule has 0 bridgehead atoms. The zero-order valence-electron chi connectivity index (χ0n) is 8.64. The molecule has 0 unspecified atom stereocenters. The van der Waals surface area contributed by atoms with Crippen LogP contribution in [0.1, 0.15) is 5.69 Å². The third-order valence-electron chi connectivity index (χ3n) is 2.44. The quantitative estimate of drug-likeness (QED) is 0.859. The Bertz CT molecular complexity index is 584. The van der Waals surface area contributed by atoms with E-state index in [-0.39, 0.29) is 0 Å². The van der Waals surface area contributed by atoms with E-state index in [2.05, 4.69) is 15.9 Å². The van der Waals surface area contributed by atoms with Crippen molar-refractivity contribution in [3.63, 3.8) is 0 Å². The van der Waals surface area contributed by atoms with Gasteiger partial charge in [-0.1, -0.05) is 15.9 Å². The fraction of sp³-hybridized carbons (Fsp3) is 0.0833. The van der Waals surface area contributed by atoms with Gasteiger partial charge in [0.25, 0.3) is 0 Å². The molecule has 3 nitrogen and oxygen atoms in total. The maximum absolute atomic E-state index is 10.4. The summed E-state index contributed by atoms with van der Waals surface area (Å²) in [6, 6.07) is 7.93. The smallest absolute Gasteiger partial charge is 0.328 e. The van der Waals surface area contributed by atoms with Crippen molar-refractivity contribution in [3.05, 3.63) is 40.5 Å². The van der Waals surface area contributed by atoms with Gasteiger partial charge in [-0.25, -0.2) is 4.79 Å². The van der Waals surface area contributed by atoms with Gasteiger partial charge < -0.3 is 9.67 Å². The molecule has 0 spiro atoms. The minimum absolute atomic E-state index is 0.871. The van der Waals surface area contributed by atoms with E-state index in [0.29, 0.717) is 0 Å². The van der Waals surface area contributed by atoms with Crippen molar-refractivity contribution in [2.45, 2.75) is 0 Å². The summed E-state index contributed by atoms with van der Waals surface area (Å²) >= 11 is 3.41. The van der Waals surface area contributed by atoms with E-state index in [0.717, 1.165) is 27.1 Å². The molecule has 82 valence electrons. The number of hydrogen-bond donors (Lipinski definition) is 1. The third kappa shape index (κ3) is 2.02. The molecule has 0 atom stereocenters. The van der Waals surface area contributed by atoms with Crippen LogP contribution in [-0.4, -0.2) is 15.6 Å². The average Bonchev–Trinajstić information content (AvgIpc) is 2.52. The molecule has 0 saturated heterocycles. The number of aliphatic carboxylic acids is 1. The first-order valence-corrected chi connectivity index (χ1v) is 5.53. The molecule has 1 N–H and O–H groups in total. The van der Waals surface area contributed by atoms with Crippen LogP contribution in [0.2, 0.25) is 0 Å². The summed E-state index contributed by atoms with van der Waals surface area (Å²) < 4.78 is 2.97. The number of carboxylic acids is 1. The monoisotopic (exact) mass is 279 g/mol. The van der Waals surface area contributed by atoms with Gasteiger partial charge >= 0.3 is 5.97 Å². The normalized spacial score (nSPS) is 11.4. The highest BCUT2D eigenvalue weighted by atomic mass is 79.9. The molecule has 2 aromatic rings. The van der Waals surface area contributed by atoms with E-state index >= 15 is 0 Å². The Hall–Kier alpha value is -1.55. The number of fused-ring (bicyclic) bond motifs is 1. The Morgan fingerprint density at radius 2 is 2.19 bits per heavy atom. The van der Waals surface area contributed by atoms with Crippen LogP contribution < -0.4 is 0 Å². The fourth-order valence-electron chi connectivity index (χ4n) is 1.66. The van der Waals surface area contributed by atoms with Crippen molar-refractivity contribution in [2.75, 3.05) is 0 Å². The number of benzene rings is 1. The van der Waals surface area contributed by atoms with Crippen molar-refractivity contribution < 1.29 is 9.90 Å². The molecule has 0 saturated carbocycles. The summed E-state index contributed by atoms with van der Waals surface area (Å²) in [5, 5.41) is 9.67. The predicted octanol–water partition coefficient (Wildman–Crippen LogP) is 3.04. The average molecular weight is 280 g/mol. The molecule has 1 heterocycles. The van der Waals surface area contributed by atoms with Crippen LogP contribution >= 0.6 is 15.9 Å². The first kappa shape index (κ1) is 11.0. The molecular weight excluding hydrogens is 270 g/mol. The van der Waals surface area contributed by atoms with Crippen LogP contribution in [0.4, 0.5) is 0 Å². The highest BCUT2D eigenvalue weighted by molar-refractivity contribution is 9.10. The van der Waals surface area contributed by atoms with E-state index in [4.69, 9.17) is 5.11 Å². The minimum Gasteiger partial charge on any atom is -0.478 e. The zero-order chi connectivity index (χ0) is 11.7. The summed E-state index contributed by atoms with van der Waals surface area (Å²) in [5.41, 5.74) is 1.95. The summed E-state index contributed by atoms with van der Waals surface area (Å²) in [6.45, 7) is 0. The van der Waals surface area contributed by atoms with Gasteiger partial charge in [0.2, 0.25) is 0 Å². The standard InChI is InChI=1S/C12H10BrNO2/c1-14-10(3-5-12(15)16)7-8-6-9(13)2-4-11(8)14/h2-7H,1H3,(H,15,16)/b5-3+. The first-order chi connectivity index (χ1) is 7.58. The predicted molar refractivity (Wildman–Crippen MR) is 67.3 cm³/mol. The van der Waals surface area contributed by atoms with E-state index < -0.39 is 5.97 Å². The summed E-state index contributed by atoms with van der Waals surface area (Å²) in [5.74, 6) is -0.938. The number of carboxylic acid groups (broad SMARTS) is 1. The molecule has 0 aliphatic carbocycles. The van der Waals surface area contributed by atoms with Crippen LogP contribution in [0.5, 0.6) is 0 Å². The Morgan fingerprint density at radius 3 is 2.88 bits per heavy atom. The molecule has 0 fully saturated rings. The summed E-state index contributed by atoms with van der Waals surface area (Å²) in [7, 11) is 1.91. The van der Waals surface area contributed by atoms with Crippen LogP contribution in [0.3, 0.4) is 0 Å². The number of nitrogens with zero attached hydrogens (tertiary/aromatic N) is 1. The van der Waals surface area contributed by atoms with Gasteiger partial charge in [0, 0.05) is 34.2 Å². The Balaban J connectivity index is 2.55. The molecule has 0 aliphatic heterocycles. The van der Waals surface area contributed by atoms with Crippen molar-refractivity contribution in [2.24, 2.45) is 7.05 Å². The largest absolute Gasteiger partial charge is 0.478 e. The number of aryl methyl sites for hydroxylation is 1. The number of hydrogen-bond acceptors (Lipinski definition) is 1. The third-order valence-corrected chi connectivity index (χ3v) is 2.93. The second-order valence-electron chi connectivity index (χ2n) is 3.50. The lowest BCUT2D eigenvalue weighted by Crippen LogP contribution is -1.91. The van der Waals surface area contributed by atoms with Gasteiger partial charge in [-0.15, -0.1) is 0 Å². The molecule has 0 amide bonds. The minimum atomic E-state index is -0.938. The van der Waals surface area contributed by atoms with Crippen molar-refractivity contribution in [3.8, 4) is 0 Å². The maximum atomic E-state index is 10.4. The second-order valence-corrected chi connectivity index (χ2v) is 4.42. The molecule has 4 heteroatoms. The highest BCUT2D eigenvalue weighted by Gasteiger charge is 2.03. The number of rotatable bonds is 2. The second kappa shape index (κ2) is 4.14. The molecule has 1 aromatic heterocycles. The molecule has 0 aliphatic rings. The summed E-state index contributed by atoms with van der Waals surface area (Å²) in [4.78, 5) is 10.4. The number of aromatic nitrogens is 1. The van der Waals surface area contributed by atoms with E-state index in [1.54, 1.807) is 6.08 Å². The molecule has 1 aromatic carbocycles. The van der Waals surface area contributed by atoms with Crippen LogP contribution in [0.15, 0.2) is 34.8 Å². The van der Waals surface area contributed by atoms with Gasteiger partial charge in [0.1, 0.15) is 0 Å². The Labute approximate surface area is 101 Å². The van der Waals surface area contributed by atoms with Crippen molar-refractivity contribution in [1.29, 1.82) is 0 Å². The lowest BCUT2D eigenvalue weighted by Gasteiger charge is -1.98. The van der Waals surface area contributed by atoms with Gasteiger partial charge in [-0.05, 0) is 30.3 Å². The molecule has 2 rings (SSSR count). The van der Waals surface area contributed by atoms with Gasteiger partial charge in [-0.3, -0.25) is 0 Å². The summed E-state index contributed by atoms with van der Waals surface area (Å²) in [6.07, 6.45) is 2.74. The van der Waals surface area contributed by atoms with Gasteiger partial charge in [0.15, 0.2) is 0 Å². The number of halogens is 1. The van der Waals surface area contributed by atoms with Crippen molar-refractivity contribution >= 4 is 38.9 Å². The fourth-order valence-corrected chi connectivity index (χ4v) is 2.04. The Kier molecular flexibility index (Phi) is 2.83. The highest BCUT2D eigenvalue weighted by Crippen LogP contribution is 2.23. The lowest BCUT2D eigenvalue weighted by atomic mass is 10.2. The lowest BCUT2D eigenvalue weighted by molar-refractivity contribution is -0.131. The molecule has 0 radical (unpaired) electrons. The van der Waals surface area contributed by atoms with Crippen LogP contribution in [-0.2, 0) is 11.8 Å². The SMILES string of the molecule is Cn1c(/C=C/C(=O)O)cc2cc(Br)ccc21. The van der Waals surface area contributed by atoms with Gasteiger partial charge in [0.05, 0.1) is 0 Å². The van der Waals surface area contributed by atoms with Crippen LogP contribution in [0, 0.1) is 0 Å². The number of carbonyl (C=O) groups is 1. The van der Waals surface area contributed by atoms with Gasteiger partial charge in [-0.2, -0.15) is 0 Å². The van der Waals surface area contributed by atoms with Crippen molar-refractivity contribution in [1.82, 2.24) is 4.57 Å². The zero-order valence-corrected chi connectivity index (χ0v) is 10.2. The maximum Gasteiger partial charge on any atom is 0.328 e. The van der Waals surface area contributed by atoms with E-state index in [1.807, 2.05) is 35.9 Å². The molecule has 16 heavy (non-hydrogen) atoms. The topological polar surface area (TPSA) is 42.2 Å². The first-order valence-electron chi connectivity index (χ1n) is 4.74. The van der Waals surface area contributed by atoms with E-state index in [9.17, 15) is 4.79 Å². The van der Waals surface area contributed by atoms with E-state index in [1.165, 1.54) is 0 Å². The van der Waals surface area contributed by atoms with Crippen LogP contribution in [0.25, 0.3) is 17.0 Å².